The van der Waals surface area contributed by atoms with Crippen LogP contribution in [0.3, 0.4) is 0 Å². The number of thiophene rings is 1. The second kappa shape index (κ2) is 8.70. The maximum absolute atomic E-state index is 13.9. The molecule has 0 spiro atoms. The molecular weight excluding hydrogens is 412 g/mol. The quantitative estimate of drug-likeness (QED) is 0.342. The molecule has 0 fully saturated rings. The van der Waals surface area contributed by atoms with E-state index in [1.54, 1.807) is 50.9 Å². The van der Waals surface area contributed by atoms with Crippen molar-refractivity contribution >= 4 is 27.2 Å². The zero-order chi connectivity index (χ0) is 22.0. The van der Waals surface area contributed by atoms with Crippen LogP contribution in [0, 0.1) is 0 Å². The number of carbonyl (C=O) groups is 1. The van der Waals surface area contributed by atoms with E-state index in [1.807, 2.05) is 42.5 Å². The molecule has 0 saturated heterocycles. The lowest BCUT2D eigenvalue weighted by atomic mass is 9.96. The van der Waals surface area contributed by atoms with Gasteiger partial charge in [-0.1, -0.05) is 6.07 Å². The van der Waals surface area contributed by atoms with Gasteiger partial charge in [-0.05, 0) is 60.2 Å². The number of para-hydroxylation sites is 1. The highest BCUT2D eigenvalue weighted by atomic mass is 32.1. The molecule has 0 N–H and O–H groups in total. The fourth-order valence-electron chi connectivity index (χ4n) is 3.58. The number of ether oxygens (including phenoxy) is 4. The first-order chi connectivity index (χ1) is 15.1. The van der Waals surface area contributed by atoms with Gasteiger partial charge in [0.05, 0.1) is 34.0 Å². The number of benzene rings is 3. The number of ketones is 1. The molecule has 5 nitrogen and oxygen atoms in total. The maximum Gasteiger partial charge on any atom is 0.198 e. The number of carbonyl (C=O) groups excluding carboxylic acids is 1. The zero-order valence-electron chi connectivity index (χ0n) is 17.7. The number of rotatable bonds is 7. The van der Waals surface area contributed by atoms with Crippen LogP contribution in [0.2, 0.25) is 0 Å². The van der Waals surface area contributed by atoms with E-state index in [0.717, 1.165) is 32.0 Å². The van der Waals surface area contributed by atoms with Gasteiger partial charge in [-0.3, -0.25) is 4.79 Å². The van der Waals surface area contributed by atoms with E-state index in [9.17, 15) is 4.79 Å². The van der Waals surface area contributed by atoms with Gasteiger partial charge in [-0.2, -0.15) is 0 Å². The molecule has 0 aliphatic heterocycles. The molecule has 3 aromatic carbocycles. The summed E-state index contributed by atoms with van der Waals surface area (Å²) in [6.07, 6.45) is 0. The fraction of sp³-hybridized carbons (Fsp3) is 0.160. The van der Waals surface area contributed by atoms with Crippen molar-refractivity contribution < 1.29 is 23.7 Å². The van der Waals surface area contributed by atoms with Gasteiger partial charge in [-0.25, -0.2) is 0 Å². The van der Waals surface area contributed by atoms with Crippen LogP contribution in [0.4, 0.5) is 0 Å². The molecule has 0 bridgehead atoms. The number of fused-ring (bicyclic) bond motifs is 1. The Morgan fingerprint density at radius 2 is 1.48 bits per heavy atom. The molecule has 0 aliphatic carbocycles. The molecule has 1 heterocycles. The molecule has 4 rings (SSSR count). The highest BCUT2D eigenvalue weighted by Gasteiger charge is 2.25. The third kappa shape index (κ3) is 3.70. The summed E-state index contributed by atoms with van der Waals surface area (Å²) in [5.74, 6) is 2.31. The third-order valence-electron chi connectivity index (χ3n) is 5.12. The standard InChI is InChI=1S/C25H22O5S/c1-27-16-10-8-15(9-11-16)25-22(18-13-12-17(28-2)14-21(18)31-25)23(26)19-6-5-7-20(29-3)24(19)30-4/h5-14H,1-4H3. The lowest BCUT2D eigenvalue weighted by Crippen LogP contribution is -2.06. The van der Waals surface area contributed by atoms with Gasteiger partial charge in [0.25, 0.3) is 0 Å². The number of methoxy groups -OCH3 is 4. The van der Waals surface area contributed by atoms with Crippen LogP contribution in [-0.2, 0) is 0 Å². The van der Waals surface area contributed by atoms with Gasteiger partial charge in [-0.15, -0.1) is 11.3 Å². The molecule has 1 aromatic heterocycles. The highest BCUT2D eigenvalue weighted by molar-refractivity contribution is 7.22. The van der Waals surface area contributed by atoms with Gasteiger partial charge < -0.3 is 18.9 Å². The molecule has 6 heteroatoms. The van der Waals surface area contributed by atoms with Crippen molar-refractivity contribution in [3.63, 3.8) is 0 Å². The van der Waals surface area contributed by atoms with Crippen molar-refractivity contribution in [2.24, 2.45) is 0 Å². The molecule has 0 saturated carbocycles. The summed E-state index contributed by atoms with van der Waals surface area (Å²) in [7, 11) is 6.36. The van der Waals surface area contributed by atoms with Crippen LogP contribution >= 0.6 is 11.3 Å². The minimum absolute atomic E-state index is 0.127. The molecule has 0 radical (unpaired) electrons. The lowest BCUT2D eigenvalue weighted by Gasteiger charge is -2.12. The molecule has 0 unspecified atom stereocenters. The van der Waals surface area contributed by atoms with E-state index in [4.69, 9.17) is 18.9 Å². The number of hydrogen-bond donors (Lipinski definition) is 0. The second-order valence-corrected chi connectivity index (χ2v) is 7.82. The van der Waals surface area contributed by atoms with Crippen LogP contribution in [0.25, 0.3) is 20.5 Å². The molecule has 0 atom stereocenters. The number of hydrogen-bond acceptors (Lipinski definition) is 6. The molecular formula is C25H22O5S. The minimum atomic E-state index is -0.127. The Morgan fingerprint density at radius 1 is 0.774 bits per heavy atom. The summed E-state index contributed by atoms with van der Waals surface area (Å²) in [6.45, 7) is 0. The van der Waals surface area contributed by atoms with E-state index in [-0.39, 0.29) is 5.78 Å². The van der Waals surface area contributed by atoms with Crippen LogP contribution < -0.4 is 18.9 Å². The summed E-state index contributed by atoms with van der Waals surface area (Å²) >= 11 is 1.55. The maximum atomic E-state index is 13.9. The van der Waals surface area contributed by atoms with E-state index in [0.29, 0.717) is 22.6 Å². The van der Waals surface area contributed by atoms with Gasteiger partial charge in [0.15, 0.2) is 17.3 Å². The summed E-state index contributed by atoms with van der Waals surface area (Å²) in [4.78, 5) is 14.7. The molecule has 0 amide bonds. The summed E-state index contributed by atoms with van der Waals surface area (Å²) in [5.41, 5.74) is 2.01. The van der Waals surface area contributed by atoms with Crippen molar-refractivity contribution in [3.8, 4) is 33.4 Å². The van der Waals surface area contributed by atoms with Gasteiger partial charge in [0.1, 0.15) is 11.5 Å². The molecule has 31 heavy (non-hydrogen) atoms. The van der Waals surface area contributed by atoms with Crippen molar-refractivity contribution in [1.82, 2.24) is 0 Å². The first kappa shape index (κ1) is 20.8. The predicted molar refractivity (Wildman–Crippen MR) is 123 cm³/mol. The Hall–Kier alpha value is -3.51. The van der Waals surface area contributed by atoms with Gasteiger partial charge >= 0.3 is 0 Å². The Morgan fingerprint density at radius 3 is 2.13 bits per heavy atom. The van der Waals surface area contributed by atoms with Crippen molar-refractivity contribution in [2.75, 3.05) is 28.4 Å². The van der Waals surface area contributed by atoms with Gasteiger partial charge in [0.2, 0.25) is 0 Å². The van der Waals surface area contributed by atoms with E-state index in [1.165, 1.54) is 7.11 Å². The first-order valence-corrected chi connectivity index (χ1v) is 10.4. The summed E-state index contributed by atoms with van der Waals surface area (Å²) in [6, 6.07) is 18.8. The van der Waals surface area contributed by atoms with Crippen LogP contribution in [0.5, 0.6) is 23.0 Å². The minimum Gasteiger partial charge on any atom is -0.497 e. The first-order valence-electron chi connectivity index (χ1n) is 9.62. The average Bonchev–Trinajstić information content (AvgIpc) is 3.21. The largest absolute Gasteiger partial charge is 0.497 e. The smallest absolute Gasteiger partial charge is 0.198 e. The Balaban J connectivity index is 1.96. The average molecular weight is 435 g/mol. The van der Waals surface area contributed by atoms with Crippen LogP contribution in [0.1, 0.15) is 15.9 Å². The molecule has 4 aromatic rings. The second-order valence-electron chi connectivity index (χ2n) is 6.77. The normalized spacial score (nSPS) is 10.7. The van der Waals surface area contributed by atoms with Crippen molar-refractivity contribution in [3.05, 3.63) is 71.8 Å². The summed E-state index contributed by atoms with van der Waals surface area (Å²) in [5, 5.41) is 0.867. The van der Waals surface area contributed by atoms with Crippen LogP contribution in [-0.4, -0.2) is 34.2 Å². The SMILES string of the molecule is COc1ccc(-c2sc3cc(OC)ccc3c2C(=O)c2cccc(OC)c2OC)cc1. The molecule has 158 valence electrons. The predicted octanol–water partition coefficient (Wildman–Crippen LogP) is 5.83. The van der Waals surface area contributed by atoms with Crippen molar-refractivity contribution in [1.29, 1.82) is 0 Å². The van der Waals surface area contributed by atoms with E-state index in [2.05, 4.69) is 0 Å². The summed E-state index contributed by atoms with van der Waals surface area (Å²) < 4.78 is 22.6. The topological polar surface area (TPSA) is 54.0 Å². The Kier molecular flexibility index (Phi) is 5.82. The molecule has 0 aliphatic rings. The van der Waals surface area contributed by atoms with Gasteiger partial charge in [0, 0.05) is 20.5 Å². The monoisotopic (exact) mass is 434 g/mol. The van der Waals surface area contributed by atoms with Crippen LogP contribution in [0.15, 0.2) is 60.7 Å². The third-order valence-corrected chi connectivity index (χ3v) is 6.33. The lowest BCUT2D eigenvalue weighted by molar-refractivity contribution is 0.103. The van der Waals surface area contributed by atoms with E-state index >= 15 is 0 Å². The Bertz CT molecular complexity index is 1240. The van der Waals surface area contributed by atoms with E-state index < -0.39 is 0 Å². The fourth-order valence-corrected chi connectivity index (χ4v) is 4.81. The zero-order valence-corrected chi connectivity index (χ0v) is 18.5. The van der Waals surface area contributed by atoms with Crippen molar-refractivity contribution in [2.45, 2.75) is 0 Å². The Labute approximate surface area is 184 Å². The highest BCUT2D eigenvalue weighted by Crippen LogP contribution is 2.43.